The fraction of sp³-hybridized carbons (Fsp3) is 0.250. The van der Waals surface area contributed by atoms with Gasteiger partial charge < -0.3 is 9.88 Å². The molecule has 3 nitrogen and oxygen atoms in total. The van der Waals surface area contributed by atoms with E-state index in [1.165, 1.54) is 0 Å². The van der Waals surface area contributed by atoms with Crippen molar-refractivity contribution in [1.82, 2.24) is 14.9 Å². The molecule has 1 N–H and O–H groups in total. The third kappa shape index (κ3) is 2.80. The van der Waals surface area contributed by atoms with Crippen molar-refractivity contribution in [3.8, 4) is 11.3 Å². The van der Waals surface area contributed by atoms with Gasteiger partial charge in [-0.1, -0.05) is 23.2 Å². The Kier molecular flexibility index (Phi) is 4.05. The Labute approximate surface area is 110 Å². The van der Waals surface area contributed by atoms with E-state index in [1.807, 2.05) is 17.7 Å². The Morgan fingerprint density at radius 1 is 1.35 bits per heavy atom. The van der Waals surface area contributed by atoms with Gasteiger partial charge in [-0.2, -0.15) is 0 Å². The summed E-state index contributed by atoms with van der Waals surface area (Å²) in [6.07, 6.45) is 3.59. The average molecular weight is 270 g/mol. The third-order valence-electron chi connectivity index (χ3n) is 2.52. The van der Waals surface area contributed by atoms with Crippen LogP contribution in [0.2, 0.25) is 10.0 Å². The van der Waals surface area contributed by atoms with E-state index < -0.39 is 0 Å². The van der Waals surface area contributed by atoms with Crippen LogP contribution in [0.4, 0.5) is 0 Å². The molecular weight excluding hydrogens is 257 g/mol. The van der Waals surface area contributed by atoms with Gasteiger partial charge in [0.05, 0.1) is 23.2 Å². The molecule has 5 heteroatoms. The molecule has 0 spiro atoms. The van der Waals surface area contributed by atoms with E-state index in [-0.39, 0.29) is 0 Å². The molecule has 2 rings (SSSR count). The van der Waals surface area contributed by atoms with Crippen LogP contribution >= 0.6 is 23.2 Å². The van der Waals surface area contributed by atoms with E-state index >= 15 is 0 Å². The van der Waals surface area contributed by atoms with Crippen LogP contribution < -0.4 is 5.32 Å². The zero-order chi connectivity index (χ0) is 12.3. The van der Waals surface area contributed by atoms with E-state index in [0.717, 1.165) is 24.3 Å². The van der Waals surface area contributed by atoms with Crippen molar-refractivity contribution in [2.75, 3.05) is 13.6 Å². The number of hydrogen-bond acceptors (Lipinski definition) is 2. The minimum atomic E-state index is 0.672. The number of imidazole rings is 1. The van der Waals surface area contributed by atoms with E-state index in [9.17, 15) is 0 Å². The summed E-state index contributed by atoms with van der Waals surface area (Å²) in [4.78, 5) is 4.16. The van der Waals surface area contributed by atoms with Crippen LogP contribution in [0.1, 0.15) is 0 Å². The fourth-order valence-corrected chi connectivity index (χ4v) is 2.04. The van der Waals surface area contributed by atoms with Crippen LogP contribution in [0.3, 0.4) is 0 Å². The number of likely N-dealkylation sites (N-methyl/N-ethyl adjacent to an activating group) is 1. The van der Waals surface area contributed by atoms with Crippen LogP contribution in [0.15, 0.2) is 30.7 Å². The fourth-order valence-electron chi connectivity index (χ4n) is 1.65. The van der Waals surface area contributed by atoms with Crippen molar-refractivity contribution in [2.24, 2.45) is 0 Å². The van der Waals surface area contributed by atoms with Gasteiger partial charge in [-0.05, 0) is 25.2 Å². The number of rotatable bonds is 4. The van der Waals surface area contributed by atoms with Gasteiger partial charge in [0, 0.05) is 23.7 Å². The molecule has 0 radical (unpaired) electrons. The van der Waals surface area contributed by atoms with Crippen LogP contribution in [-0.4, -0.2) is 23.1 Å². The summed E-state index contributed by atoms with van der Waals surface area (Å²) in [5, 5.41) is 4.46. The number of aromatic nitrogens is 2. The first-order valence-corrected chi connectivity index (χ1v) is 6.08. The van der Waals surface area contributed by atoms with Crippen LogP contribution in [0.25, 0.3) is 11.3 Å². The van der Waals surface area contributed by atoms with E-state index in [0.29, 0.717) is 10.0 Å². The average Bonchev–Trinajstić information content (AvgIpc) is 2.77. The number of nitrogens with zero attached hydrogens (tertiary/aromatic N) is 2. The highest BCUT2D eigenvalue weighted by atomic mass is 35.5. The number of benzene rings is 1. The Hall–Kier alpha value is -1.03. The molecule has 2 aromatic rings. The zero-order valence-electron chi connectivity index (χ0n) is 9.45. The van der Waals surface area contributed by atoms with Crippen molar-refractivity contribution in [1.29, 1.82) is 0 Å². The molecule has 1 aromatic heterocycles. The van der Waals surface area contributed by atoms with Crippen LogP contribution in [-0.2, 0) is 6.54 Å². The molecule has 90 valence electrons. The first-order valence-electron chi connectivity index (χ1n) is 5.32. The first kappa shape index (κ1) is 12.4. The lowest BCUT2D eigenvalue weighted by Crippen LogP contribution is -2.14. The van der Waals surface area contributed by atoms with Crippen molar-refractivity contribution in [2.45, 2.75) is 6.54 Å². The van der Waals surface area contributed by atoms with E-state index in [1.54, 1.807) is 24.7 Å². The van der Waals surface area contributed by atoms with Gasteiger partial charge >= 0.3 is 0 Å². The summed E-state index contributed by atoms with van der Waals surface area (Å²) in [5.41, 5.74) is 1.89. The summed E-state index contributed by atoms with van der Waals surface area (Å²) >= 11 is 12.2. The molecule has 1 aromatic carbocycles. The van der Waals surface area contributed by atoms with Gasteiger partial charge in [0.1, 0.15) is 0 Å². The van der Waals surface area contributed by atoms with E-state index in [4.69, 9.17) is 23.2 Å². The Balaban J connectivity index is 2.38. The standard InChI is InChI=1S/C12H13Cl2N3/c1-15-4-5-17-8-16-7-12(17)10-6-9(13)2-3-11(10)14/h2-3,6-8,15H,4-5H2,1H3. The van der Waals surface area contributed by atoms with Crippen molar-refractivity contribution in [3.05, 3.63) is 40.8 Å². The Morgan fingerprint density at radius 3 is 2.94 bits per heavy atom. The lowest BCUT2D eigenvalue weighted by molar-refractivity contribution is 0.648. The maximum absolute atomic E-state index is 6.18. The van der Waals surface area contributed by atoms with Gasteiger partial charge in [-0.15, -0.1) is 0 Å². The van der Waals surface area contributed by atoms with Crippen LogP contribution in [0.5, 0.6) is 0 Å². The quantitative estimate of drug-likeness (QED) is 0.925. The molecule has 0 aliphatic carbocycles. The highest BCUT2D eigenvalue weighted by molar-refractivity contribution is 6.35. The van der Waals surface area contributed by atoms with Crippen molar-refractivity contribution < 1.29 is 0 Å². The topological polar surface area (TPSA) is 29.9 Å². The molecule has 1 heterocycles. The molecule has 0 aliphatic heterocycles. The summed E-state index contributed by atoms with van der Waals surface area (Å²) in [6, 6.07) is 5.44. The van der Waals surface area contributed by atoms with Gasteiger partial charge in [0.25, 0.3) is 0 Å². The van der Waals surface area contributed by atoms with Gasteiger partial charge in [-0.25, -0.2) is 4.98 Å². The summed E-state index contributed by atoms with van der Waals surface area (Å²) < 4.78 is 2.05. The second kappa shape index (κ2) is 5.54. The molecule has 0 aliphatic rings. The highest BCUT2D eigenvalue weighted by Gasteiger charge is 2.09. The number of hydrogen-bond donors (Lipinski definition) is 1. The molecular formula is C12H13Cl2N3. The lowest BCUT2D eigenvalue weighted by atomic mass is 10.1. The molecule has 0 amide bonds. The summed E-state index contributed by atoms with van der Waals surface area (Å²) in [7, 11) is 1.92. The monoisotopic (exact) mass is 269 g/mol. The smallest absolute Gasteiger partial charge is 0.0951 e. The summed E-state index contributed by atoms with van der Waals surface area (Å²) in [6.45, 7) is 1.72. The zero-order valence-corrected chi connectivity index (χ0v) is 11.0. The second-order valence-corrected chi connectivity index (χ2v) is 4.54. The minimum absolute atomic E-state index is 0.672. The Bertz CT molecular complexity index is 508. The van der Waals surface area contributed by atoms with Crippen molar-refractivity contribution in [3.63, 3.8) is 0 Å². The predicted octanol–water partition coefficient (Wildman–Crippen LogP) is 3.08. The molecule has 0 bridgehead atoms. The van der Waals surface area contributed by atoms with Gasteiger partial charge in [0.15, 0.2) is 0 Å². The Morgan fingerprint density at radius 2 is 2.18 bits per heavy atom. The second-order valence-electron chi connectivity index (χ2n) is 3.70. The maximum Gasteiger partial charge on any atom is 0.0951 e. The van der Waals surface area contributed by atoms with E-state index in [2.05, 4.69) is 10.3 Å². The van der Waals surface area contributed by atoms with Gasteiger partial charge in [-0.3, -0.25) is 0 Å². The summed E-state index contributed by atoms with van der Waals surface area (Å²) in [5.74, 6) is 0. The maximum atomic E-state index is 6.18. The third-order valence-corrected chi connectivity index (χ3v) is 3.08. The van der Waals surface area contributed by atoms with Gasteiger partial charge in [0.2, 0.25) is 0 Å². The minimum Gasteiger partial charge on any atom is -0.329 e. The number of nitrogens with one attached hydrogen (secondary N) is 1. The molecule has 0 saturated heterocycles. The molecule has 0 saturated carbocycles. The van der Waals surface area contributed by atoms with Crippen molar-refractivity contribution >= 4 is 23.2 Å². The normalized spacial score (nSPS) is 10.8. The molecule has 0 atom stereocenters. The number of halogens is 2. The van der Waals surface area contributed by atoms with Crippen LogP contribution in [0, 0.1) is 0 Å². The molecule has 17 heavy (non-hydrogen) atoms. The lowest BCUT2D eigenvalue weighted by Gasteiger charge is -2.09. The molecule has 0 unspecified atom stereocenters. The first-order chi connectivity index (χ1) is 8.22. The highest BCUT2D eigenvalue weighted by Crippen LogP contribution is 2.30. The molecule has 0 fully saturated rings. The largest absolute Gasteiger partial charge is 0.329 e. The predicted molar refractivity (Wildman–Crippen MR) is 71.6 cm³/mol. The SMILES string of the molecule is CNCCn1cncc1-c1cc(Cl)ccc1Cl.